The lowest BCUT2D eigenvalue weighted by atomic mass is 10.1. The minimum absolute atomic E-state index is 0.0696. The third-order valence-corrected chi connectivity index (χ3v) is 4.79. The van der Waals surface area contributed by atoms with Gasteiger partial charge in [-0.1, -0.05) is 27.5 Å². The summed E-state index contributed by atoms with van der Waals surface area (Å²) in [7, 11) is 0. The number of nitrogens with zero attached hydrogens (tertiary/aromatic N) is 2. The molecule has 2 amide bonds. The molecule has 0 bridgehead atoms. The van der Waals surface area contributed by atoms with Crippen LogP contribution in [0.25, 0.3) is 0 Å². The Kier molecular flexibility index (Phi) is 4.22. The molecule has 2 fully saturated rings. The zero-order chi connectivity index (χ0) is 15.0. The summed E-state index contributed by atoms with van der Waals surface area (Å²) >= 11 is 9.46. The summed E-state index contributed by atoms with van der Waals surface area (Å²) in [6, 6.07) is 5.27. The first-order chi connectivity index (χ1) is 10.1. The van der Waals surface area contributed by atoms with Crippen molar-refractivity contribution in [1.82, 2.24) is 9.80 Å². The predicted molar refractivity (Wildman–Crippen MR) is 84.4 cm³/mol. The van der Waals surface area contributed by atoms with E-state index in [1.807, 2.05) is 11.0 Å². The summed E-state index contributed by atoms with van der Waals surface area (Å²) < 4.78 is 0.831. The zero-order valence-electron chi connectivity index (χ0n) is 11.5. The third kappa shape index (κ3) is 3.24. The molecule has 0 unspecified atom stereocenters. The van der Waals surface area contributed by atoms with Gasteiger partial charge in [0.1, 0.15) is 0 Å². The maximum absolute atomic E-state index is 12.5. The highest BCUT2D eigenvalue weighted by molar-refractivity contribution is 9.10. The maximum Gasteiger partial charge on any atom is 0.255 e. The van der Waals surface area contributed by atoms with Gasteiger partial charge >= 0.3 is 0 Å². The summed E-state index contributed by atoms with van der Waals surface area (Å²) in [6.07, 6.45) is 2.04. The summed E-state index contributed by atoms with van der Waals surface area (Å²) in [6.45, 7) is 2.37. The number of hydrogen-bond donors (Lipinski definition) is 0. The molecule has 21 heavy (non-hydrogen) atoms. The Balaban J connectivity index is 1.64. The fourth-order valence-corrected chi connectivity index (χ4v) is 3.11. The fourth-order valence-electron chi connectivity index (χ4n) is 2.55. The lowest BCUT2D eigenvalue weighted by Crippen LogP contribution is -2.51. The van der Waals surface area contributed by atoms with Gasteiger partial charge in [-0.05, 0) is 31.0 Å². The van der Waals surface area contributed by atoms with Crippen molar-refractivity contribution in [1.29, 1.82) is 0 Å². The molecule has 1 aromatic carbocycles. The molecule has 0 N–H and O–H groups in total. The van der Waals surface area contributed by atoms with Crippen LogP contribution in [-0.2, 0) is 4.79 Å². The van der Waals surface area contributed by atoms with Gasteiger partial charge in [-0.25, -0.2) is 0 Å². The molecule has 1 aromatic rings. The van der Waals surface area contributed by atoms with E-state index in [4.69, 9.17) is 11.6 Å². The number of halogens is 2. The standard InChI is InChI=1S/C15H16BrClN2O2/c16-11-3-4-13(17)12(9-11)15(21)19-7-5-18(6-8-19)14(20)10-1-2-10/h3-4,9-10H,1-2,5-8H2. The normalized spacial score (nSPS) is 18.8. The number of amides is 2. The number of benzene rings is 1. The number of carbonyl (C=O) groups excluding carboxylic acids is 2. The van der Waals surface area contributed by atoms with Gasteiger partial charge in [0.05, 0.1) is 10.6 Å². The Morgan fingerprint density at radius 2 is 1.71 bits per heavy atom. The fraction of sp³-hybridized carbons (Fsp3) is 0.467. The quantitative estimate of drug-likeness (QED) is 0.802. The SMILES string of the molecule is O=C(c1cc(Br)ccc1Cl)N1CCN(C(=O)C2CC2)CC1. The maximum atomic E-state index is 12.5. The Labute approximate surface area is 137 Å². The Morgan fingerprint density at radius 3 is 2.33 bits per heavy atom. The van der Waals surface area contributed by atoms with Crippen LogP contribution in [0.1, 0.15) is 23.2 Å². The minimum atomic E-state index is -0.0696. The predicted octanol–water partition coefficient (Wildman–Crippen LogP) is 2.80. The average Bonchev–Trinajstić information content (AvgIpc) is 3.33. The molecule has 3 rings (SSSR count). The Morgan fingerprint density at radius 1 is 1.10 bits per heavy atom. The van der Waals surface area contributed by atoms with Crippen molar-refractivity contribution in [2.24, 2.45) is 5.92 Å². The largest absolute Gasteiger partial charge is 0.339 e. The van der Waals surface area contributed by atoms with Crippen molar-refractivity contribution in [3.05, 3.63) is 33.3 Å². The van der Waals surface area contributed by atoms with Gasteiger partial charge in [-0.15, -0.1) is 0 Å². The van der Waals surface area contributed by atoms with E-state index in [-0.39, 0.29) is 17.7 Å². The molecule has 0 radical (unpaired) electrons. The second kappa shape index (κ2) is 5.97. The van der Waals surface area contributed by atoms with Crippen molar-refractivity contribution in [3.8, 4) is 0 Å². The van der Waals surface area contributed by atoms with E-state index in [9.17, 15) is 9.59 Å². The highest BCUT2D eigenvalue weighted by Crippen LogP contribution is 2.31. The number of hydrogen-bond acceptors (Lipinski definition) is 2. The van der Waals surface area contributed by atoms with Crippen LogP contribution in [0.2, 0.25) is 5.02 Å². The van der Waals surface area contributed by atoms with Crippen molar-refractivity contribution in [2.45, 2.75) is 12.8 Å². The van der Waals surface area contributed by atoms with Gasteiger partial charge in [0.2, 0.25) is 5.91 Å². The van der Waals surface area contributed by atoms with Crippen LogP contribution >= 0.6 is 27.5 Å². The first kappa shape index (κ1) is 14.9. The molecule has 1 aliphatic carbocycles. The van der Waals surface area contributed by atoms with Gasteiger partial charge in [0.15, 0.2) is 0 Å². The van der Waals surface area contributed by atoms with Gasteiger partial charge in [0.25, 0.3) is 5.91 Å². The van der Waals surface area contributed by atoms with Crippen molar-refractivity contribution in [2.75, 3.05) is 26.2 Å². The van der Waals surface area contributed by atoms with Crippen LogP contribution in [0, 0.1) is 5.92 Å². The van der Waals surface area contributed by atoms with Crippen molar-refractivity contribution >= 4 is 39.3 Å². The van der Waals surface area contributed by atoms with Gasteiger partial charge in [0, 0.05) is 36.6 Å². The van der Waals surface area contributed by atoms with E-state index in [1.54, 1.807) is 17.0 Å². The second-order valence-corrected chi connectivity index (χ2v) is 6.84. The summed E-state index contributed by atoms with van der Waals surface area (Å²) in [5.74, 6) is 0.425. The van der Waals surface area contributed by atoms with Crippen LogP contribution in [0.4, 0.5) is 0 Å². The molecular weight excluding hydrogens is 356 g/mol. The molecule has 4 nitrogen and oxygen atoms in total. The second-order valence-electron chi connectivity index (χ2n) is 5.52. The molecule has 0 aromatic heterocycles. The van der Waals surface area contributed by atoms with E-state index >= 15 is 0 Å². The molecule has 0 spiro atoms. The Hall–Kier alpha value is -1.07. The third-order valence-electron chi connectivity index (χ3n) is 3.96. The van der Waals surface area contributed by atoms with Crippen LogP contribution in [0.5, 0.6) is 0 Å². The minimum Gasteiger partial charge on any atom is -0.339 e. The van der Waals surface area contributed by atoms with E-state index in [2.05, 4.69) is 15.9 Å². The first-order valence-electron chi connectivity index (χ1n) is 7.09. The monoisotopic (exact) mass is 370 g/mol. The summed E-state index contributed by atoms with van der Waals surface area (Å²) in [5, 5.41) is 0.458. The highest BCUT2D eigenvalue weighted by atomic mass is 79.9. The molecular formula is C15H16BrClN2O2. The summed E-state index contributed by atoms with van der Waals surface area (Å²) in [5.41, 5.74) is 0.507. The number of piperazine rings is 1. The Bertz CT molecular complexity index is 581. The van der Waals surface area contributed by atoms with Crippen molar-refractivity contribution in [3.63, 3.8) is 0 Å². The van der Waals surface area contributed by atoms with E-state index < -0.39 is 0 Å². The first-order valence-corrected chi connectivity index (χ1v) is 8.26. The van der Waals surface area contributed by atoms with Crippen molar-refractivity contribution < 1.29 is 9.59 Å². The molecule has 0 atom stereocenters. The molecule has 112 valence electrons. The van der Waals surface area contributed by atoms with Crippen LogP contribution < -0.4 is 0 Å². The molecule has 1 heterocycles. The highest BCUT2D eigenvalue weighted by Gasteiger charge is 2.35. The van der Waals surface area contributed by atoms with Crippen LogP contribution in [0.3, 0.4) is 0 Å². The van der Waals surface area contributed by atoms with Gasteiger partial charge < -0.3 is 9.80 Å². The molecule has 1 saturated heterocycles. The molecule has 1 saturated carbocycles. The van der Waals surface area contributed by atoms with Gasteiger partial charge in [-0.3, -0.25) is 9.59 Å². The molecule has 6 heteroatoms. The average molecular weight is 372 g/mol. The van der Waals surface area contributed by atoms with Crippen LogP contribution in [0.15, 0.2) is 22.7 Å². The lowest BCUT2D eigenvalue weighted by molar-refractivity contribution is -0.134. The van der Waals surface area contributed by atoms with E-state index in [0.717, 1.165) is 17.3 Å². The topological polar surface area (TPSA) is 40.6 Å². The zero-order valence-corrected chi connectivity index (χ0v) is 13.9. The van der Waals surface area contributed by atoms with E-state index in [1.165, 1.54) is 0 Å². The smallest absolute Gasteiger partial charge is 0.255 e. The summed E-state index contributed by atoms with van der Waals surface area (Å²) in [4.78, 5) is 28.2. The lowest BCUT2D eigenvalue weighted by Gasteiger charge is -2.35. The van der Waals surface area contributed by atoms with Crippen LogP contribution in [-0.4, -0.2) is 47.8 Å². The molecule has 1 aliphatic heterocycles. The number of rotatable bonds is 2. The molecule has 2 aliphatic rings. The number of carbonyl (C=O) groups is 2. The van der Waals surface area contributed by atoms with E-state index in [0.29, 0.717) is 36.8 Å². The van der Waals surface area contributed by atoms with Gasteiger partial charge in [-0.2, -0.15) is 0 Å².